The Labute approximate surface area is 284 Å². The van der Waals surface area contributed by atoms with Crippen molar-refractivity contribution in [2.75, 3.05) is 19.8 Å². The van der Waals surface area contributed by atoms with Gasteiger partial charge < -0.3 is 18.9 Å². The summed E-state index contributed by atoms with van der Waals surface area (Å²) in [7, 11) is 0. The molecule has 0 aromatic heterocycles. The molecule has 0 saturated carbocycles. The summed E-state index contributed by atoms with van der Waals surface area (Å²) in [6.45, 7) is 0.524. The standard InChI is InChI=1S/C36H38F8O6/c1-3-4-5-6-7-8-31(45)49-24(2)25-13-19-30(20-14-25)50-32(46)28-11-9-26(10-12-28)27-15-17-29(18-16-27)48-22-21-47-23-34(39,40)36(43,44)35(41,42)33(37)38/h9-20,24,33H,3-8,21-23H2,1-2H3/t24-/m1/s1. The van der Waals surface area contributed by atoms with Crippen LogP contribution in [0.2, 0.25) is 0 Å². The van der Waals surface area contributed by atoms with Crippen molar-refractivity contribution in [1.29, 1.82) is 0 Å². The summed E-state index contributed by atoms with van der Waals surface area (Å²) >= 11 is 0. The first-order valence-corrected chi connectivity index (χ1v) is 15.9. The van der Waals surface area contributed by atoms with Crippen LogP contribution in [0.25, 0.3) is 11.1 Å². The Morgan fingerprint density at radius 3 is 1.86 bits per heavy atom. The number of carbonyl (C=O) groups excluding carboxylic acids is 2. The topological polar surface area (TPSA) is 71.1 Å². The van der Waals surface area contributed by atoms with Gasteiger partial charge in [0.2, 0.25) is 0 Å². The molecular weight excluding hydrogens is 680 g/mol. The van der Waals surface area contributed by atoms with Crippen molar-refractivity contribution in [2.24, 2.45) is 0 Å². The lowest BCUT2D eigenvalue weighted by atomic mass is 10.0. The molecule has 0 radical (unpaired) electrons. The van der Waals surface area contributed by atoms with E-state index in [-0.39, 0.29) is 17.3 Å². The Morgan fingerprint density at radius 1 is 0.720 bits per heavy atom. The maximum atomic E-state index is 13.5. The largest absolute Gasteiger partial charge is 0.491 e. The minimum atomic E-state index is -6.33. The first-order valence-electron chi connectivity index (χ1n) is 15.9. The van der Waals surface area contributed by atoms with Crippen LogP contribution in [0, 0.1) is 0 Å². The second-order valence-electron chi connectivity index (χ2n) is 11.5. The van der Waals surface area contributed by atoms with Crippen LogP contribution in [0.1, 0.15) is 74.4 Å². The second-order valence-corrected chi connectivity index (χ2v) is 11.5. The van der Waals surface area contributed by atoms with Crippen molar-refractivity contribution in [3.63, 3.8) is 0 Å². The van der Waals surface area contributed by atoms with Gasteiger partial charge in [-0.2, -0.15) is 26.3 Å². The number of halogens is 8. The number of ether oxygens (including phenoxy) is 4. The van der Waals surface area contributed by atoms with Crippen LogP contribution >= 0.6 is 0 Å². The molecule has 0 aliphatic heterocycles. The van der Waals surface area contributed by atoms with Crippen molar-refractivity contribution in [3.05, 3.63) is 83.9 Å². The van der Waals surface area contributed by atoms with E-state index >= 15 is 0 Å². The smallest absolute Gasteiger partial charge is 0.380 e. The van der Waals surface area contributed by atoms with Crippen molar-refractivity contribution < 1.29 is 63.7 Å². The van der Waals surface area contributed by atoms with Crippen molar-refractivity contribution in [1.82, 2.24) is 0 Å². The normalized spacial score (nSPS) is 12.9. The van der Waals surface area contributed by atoms with Gasteiger partial charge in [0.15, 0.2) is 0 Å². The van der Waals surface area contributed by atoms with E-state index in [1.54, 1.807) is 67.6 Å². The molecule has 0 saturated heterocycles. The maximum absolute atomic E-state index is 13.5. The molecule has 274 valence electrons. The van der Waals surface area contributed by atoms with Gasteiger partial charge in [0.1, 0.15) is 30.8 Å². The van der Waals surface area contributed by atoms with Crippen molar-refractivity contribution in [3.8, 4) is 22.6 Å². The van der Waals surface area contributed by atoms with E-state index in [0.29, 0.717) is 23.3 Å². The second kappa shape index (κ2) is 18.2. The third-order valence-corrected chi connectivity index (χ3v) is 7.59. The zero-order valence-electron chi connectivity index (χ0n) is 27.4. The van der Waals surface area contributed by atoms with E-state index in [1.165, 1.54) is 12.1 Å². The predicted molar refractivity (Wildman–Crippen MR) is 168 cm³/mol. The molecule has 0 fully saturated rings. The van der Waals surface area contributed by atoms with Gasteiger partial charge in [0.05, 0.1) is 12.2 Å². The molecule has 3 aromatic carbocycles. The van der Waals surface area contributed by atoms with Gasteiger partial charge in [-0.05, 0) is 66.4 Å². The van der Waals surface area contributed by atoms with E-state index in [1.807, 2.05) is 0 Å². The fraction of sp³-hybridized carbons (Fsp3) is 0.444. The fourth-order valence-electron chi connectivity index (χ4n) is 4.60. The molecular formula is C36H38F8O6. The van der Waals surface area contributed by atoms with Gasteiger partial charge in [0.25, 0.3) is 0 Å². The van der Waals surface area contributed by atoms with E-state index in [4.69, 9.17) is 14.2 Å². The number of esters is 2. The number of benzene rings is 3. The summed E-state index contributed by atoms with van der Waals surface area (Å²) in [6.07, 6.45) is 0.0787. The maximum Gasteiger partial charge on any atom is 0.380 e. The Morgan fingerprint density at radius 2 is 1.28 bits per heavy atom. The van der Waals surface area contributed by atoms with Crippen molar-refractivity contribution >= 4 is 11.9 Å². The van der Waals surface area contributed by atoms with Gasteiger partial charge in [-0.25, -0.2) is 13.6 Å². The molecule has 3 aromatic rings. The number of alkyl halides is 8. The molecule has 6 nitrogen and oxygen atoms in total. The van der Waals surface area contributed by atoms with Crippen LogP contribution < -0.4 is 9.47 Å². The Hall–Kier alpha value is -4.20. The van der Waals surface area contributed by atoms with Crippen LogP contribution in [0.15, 0.2) is 72.8 Å². The number of rotatable bonds is 20. The first kappa shape index (κ1) is 40.2. The van der Waals surface area contributed by atoms with Gasteiger partial charge in [-0.15, -0.1) is 0 Å². The zero-order valence-corrected chi connectivity index (χ0v) is 27.4. The molecule has 50 heavy (non-hydrogen) atoms. The Bertz CT molecular complexity index is 1500. The number of unbranched alkanes of at least 4 members (excludes halogenated alkanes) is 4. The molecule has 0 spiro atoms. The number of hydrogen-bond donors (Lipinski definition) is 0. The van der Waals surface area contributed by atoms with Gasteiger partial charge >= 0.3 is 36.1 Å². The fourth-order valence-corrected chi connectivity index (χ4v) is 4.60. The lowest BCUT2D eigenvalue weighted by Crippen LogP contribution is -2.59. The van der Waals surface area contributed by atoms with Gasteiger partial charge in [-0.3, -0.25) is 4.79 Å². The summed E-state index contributed by atoms with van der Waals surface area (Å²) in [5.74, 6) is -18.5. The molecule has 1 atom stereocenters. The van der Waals surface area contributed by atoms with E-state index in [2.05, 4.69) is 11.7 Å². The van der Waals surface area contributed by atoms with Gasteiger partial charge in [0, 0.05) is 6.42 Å². The highest BCUT2D eigenvalue weighted by molar-refractivity contribution is 5.91. The van der Waals surface area contributed by atoms with Crippen LogP contribution in [0.3, 0.4) is 0 Å². The summed E-state index contributed by atoms with van der Waals surface area (Å²) in [6, 6.07) is 19.4. The predicted octanol–water partition coefficient (Wildman–Crippen LogP) is 10.1. The molecule has 14 heteroatoms. The summed E-state index contributed by atoms with van der Waals surface area (Å²) in [5, 5.41) is 0. The SMILES string of the molecule is CCCCCCCC(=O)O[C@H](C)c1ccc(OC(=O)c2ccc(-c3ccc(OCCOCC(F)(F)C(F)(F)C(F)(F)C(F)F)cc3)cc2)cc1. The monoisotopic (exact) mass is 718 g/mol. The van der Waals surface area contributed by atoms with Crippen LogP contribution in [-0.2, 0) is 14.3 Å². The van der Waals surface area contributed by atoms with E-state index in [9.17, 15) is 44.7 Å². The summed E-state index contributed by atoms with van der Waals surface area (Å²) in [4.78, 5) is 24.8. The quantitative estimate of drug-likeness (QED) is 0.0502. The molecule has 3 rings (SSSR count). The van der Waals surface area contributed by atoms with Crippen molar-refractivity contribution in [2.45, 2.75) is 82.7 Å². The third kappa shape index (κ3) is 10.9. The molecule has 0 unspecified atom stereocenters. The first-order chi connectivity index (χ1) is 23.6. The average Bonchev–Trinajstić information content (AvgIpc) is 3.08. The highest BCUT2D eigenvalue weighted by Crippen LogP contribution is 2.48. The molecule has 0 bridgehead atoms. The van der Waals surface area contributed by atoms with Crippen LogP contribution in [-0.4, -0.2) is 56.0 Å². The van der Waals surface area contributed by atoms with Crippen LogP contribution in [0.4, 0.5) is 35.1 Å². The average molecular weight is 719 g/mol. The van der Waals surface area contributed by atoms with E-state index in [0.717, 1.165) is 37.7 Å². The minimum absolute atomic E-state index is 0.232. The minimum Gasteiger partial charge on any atom is -0.491 e. The van der Waals surface area contributed by atoms with E-state index < -0.39 is 56.1 Å². The Balaban J connectivity index is 1.44. The summed E-state index contributed by atoms with van der Waals surface area (Å²) < 4.78 is 124. The third-order valence-electron chi connectivity index (χ3n) is 7.59. The molecule has 0 aliphatic carbocycles. The summed E-state index contributed by atoms with van der Waals surface area (Å²) in [5.41, 5.74) is 2.46. The highest BCUT2D eigenvalue weighted by Gasteiger charge is 2.75. The van der Waals surface area contributed by atoms with Crippen LogP contribution in [0.5, 0.6) is 11.5 Å². The zero-order chi connectivity index (χ0) is 37.0. The lowest BCUT2D eigenvalue weighted by Gasteiger charge is -2.31. The highest BCUT2D eigenvalue weighted by atomic mass is 19.4. The number of hydrogen-bond acceptors (Lipinski definition) is 6. The Kier molecular flexibility index (Phi) is 14.6. The molecule has 0 aliphatic rings. The molecule has 0 amide bonds. The molecule has 0 N–H and O–H groups in total. The number of carbonyl (C=O) groups is 2. The molecule has 0 heterocycles. The van der Waals surface area contributed by atoms with Gasteiger partial charge in [-0.1, -0.05) is 69.0 Å². The lowest BCUT2D eigenvalue weighted by molar-refractivity contribution is -0.346.